The first-order valence-electron chi connectivity index (χ1n) is 6.53. The van der Waals surface area contributed by atoms with E-state index in [1.807, 2.05) is 64.0 Å². The Hall–Kier alpha value is -2.49. The van der Waals surface area contributed by atoms with E-state index in [4.69, 9.17) is 18.0 Å². The van der Waals surface area contributed by atoms with Crippen molar-refractivity contribution in [3.05, 3.63) is 71.5 Å². The highest BCUT2D eigenvalue weighted by Crippen LogP contribution is 2.14. The molecule has 0 unspecified atom stereocenters. The molecule has 0 atom stereocenters. The van der Waals surface area contributed by atoms with E-state index in [2.05, 4.69) is 0 Å². The Kier molecular flexibility index (Phi) is 6.81. The van der Waals surface area contributed by atoms with Gasteiger partial charge in [0.25, 0.3) is 0 Å². The molecule has 0 aliphatic carbocycles. The minimum atomic E-state index is 0. The van der Waals surface area contributed by atoms with Crippen LogP contribution in [0.25, 0.3) is 0 Å². The van der Waals surface area contributed by atoms with Gasteiger partial charge in [0.1, 0.15) is 35.6 Å². The van der Waals surface area contributed by atoms with Crippen molar-refractivity contribution in [1.29, 1.82) is 0 Å². The Morgan fingerprint density at radius 2 is 1.38 bits per heavy atom. The predicted molar refractivity (Wildman–Crippen MR) is 81.4 cm³/mol. The van der Waals surface area contributed by atoms with Gasteiger partial charge in [0.15, 0.2) is 0 Å². The fraction of sp³-hybridized carbons (Fsp3) is 0.235. The lowest BCUT2D eigenvalue weighted by molar-refractivity contribution is -0.0979. The second kappa shape index (κ2) is 8.64. The van der Waals surface area contributed by atoms with Crippen LogP contribution in [-0.2, 0) is 11.2 Å². The van der Waals surface area contributed by atoms with E-state index in [-0.39, 0.29) is 1.43 Å². The van der Waals surface area contributed by atoms with Gasteiger partial charge in [0.05, 0.1) is 12.7 Å². The fourth-order valence-corrected chi connectivity index (χ4v) is 1.69. The van der Waals surface area contributed by atoms with Gasteiger partial charge in [-0.3, -0.25) is 0 Å². The number of aryl methyl sites for hydroxylation is 3. The van der Waals surface area contributed by atoms with Crippen LogP contribution in [-0.4, -0.2) is 6.79 Å². The highest BCUT2D eigenvalue weighted by molar-refractivity contribution is 5.14. The standard InChI is InChI=1S/C11H12O2.C5H6O.CH2O/c1-8-3-5-10(12-8)7-11-6-4-9(2)13-11;1-5-3-2-4-6-5;1-2/h3-6H,7H2,1-2H3;2-4H,1H3;1H2/p+1. The predicted octanol–water partition coefficient (Wildman–Crippen LogP) is 4.60. The van der Waals surface area contributed by atoms with Crippen LogP contribution in [0.3, 0.4) is 0 Å². The van der Waals surface area contributed by atoms with E-state index in [1.165, 1.54) is 0 Å². The van der Waals surface area contributed by atoms with Crippen LogP contribution in [0.4, 0.5) is 0 Å². The van der Waals surface area contributed by atoms with E-state index in [0.717, 1.165) is 35.2 Å². The Morgan fingerprint density at radius 1 is 0.857 bits per heavy atom. The molecule has 4 nitrogen and oxygen atoms in total. The lowest BCUT2D eigenvalue weighted by atomic mass is 10.3. The Labute approximate surface area is 125 Å². The summed E-state index contributed by atoms with van der Waals surface area (Å²) in [6.07, 6.45) is 2.40. The Balaban J connectivity index is 0.000000416. The van der Waals surface area contributed by atoms with Crippen molar-refractivity contribution < 1.29 is 19.5 Å². The average Bonchev–Trinajstić information content (AvgIpc) is 3.19. The van der Waals surface area contributed by atoms with Gasteiger partial charge in [-0.05, 0) is 57.2 Å². The van der Waals surface area contributed by atoms with Gasteiger partial charge >= 0.3 is 1.43 Å². The third kappa shape index (κ3) is 5.99. The lowest BCUT2D eigenvalue weighted by Crippen LogP contribution is -1.80. The van der Waals surface area contributed by atoms with Gasteiger partial charge < -0.3 is 18.0 Å². The molecule has 3 rings (SSSR count). The van der Waals surface area contributed by atoms with Crippen molar-refractivity contribution in [2.24, 2.45) is 0 Å². The maximum absolute atomic E-state index is 8.00. The summed E-state index contributed by atoms with van der Waals surface area (Å²) in [6.45, 7) is 7.80. The zero-order chi connectivity index (χ0) is 15.7. The van der Waals surface area contributed by atoms with Gasteiger partial charge in [0.2, 0.25) is 0 Å². The van der Waals surface area contributed by atoms with E-state index in [0.29, 0.717) is 0 Å². The summed E-state index contributed by atoms with van der Waals surface area (Å²) in [7, 11) is 0. The van der Waals surface area contributed by atoms with Crippen LogP contribution in [0.2, 0.25) is 0 Å². The normalized spacial score (nSPS) is 9.29. The number of rotatable bonds is 2. The molecule has 0 saturated heterocycles. The summed E-state index contributed by atoms with van der Waals surface area (Å²) in [5.74, 6) is 4.75. The van der Waals surface area contributed by atoms with Crippen molar-refractivity contribution in [3.63, 3.8) is 0 Å². The van der Waals surface area contributed by atoms with Crippen molar-refractivity contribution >= 4 is 6.79 Å². The highest BCUT2D eigenvalue weighted by atomic mass is 16.4. The molecule has 4 heteroatoms. The summed E-state index contributed by atoms with van der Waals surface area (Å²) in [5, 5.41) is 0. The molecule has 21 heavy (non-hydrogen) atoms. The van der Waals surface area contributed by atoms with Crippen molar-refractivity contribution in [1.82, 2.24) is 0 Å². The van der Waals surface area contributed by atoms with Gasteiger partial charge in [-0.15, -0.1) is 0 Å². The molecule has 0 spiro atoms. The first-order chi connectivity index (χ1) is 10.1. The molecule has 3 aromatic rings. The Morgan fingerprint density at radius 3 is 1.62 bits per heavy atom. The molecule has 3 aromatic heterocycles. The minimum Gasteiger partial charge on any atom is -0.470 e. The number of furan rings is 3. The largest absolute Gasteiger partial charge is 1.00 e. The zero-order valence-electron chi connectivity index (χ0n) is 13.6. The second-order valence-corrected chi connectivity index (χ2v) is 4.43. The van der Waals surface area contributed by atoms with Crippen LogP contribution >= 0.6 is 0 Å². The van der Waals surface area contributed by atoms with Crippen molar-refractivity contribution in [3.8, 4) is 0 Å². The smallest absolute Gasteiger partial charge is 0.470 e. The monoisotopic (exact) mass is 289 g/mol. The van der Waals surface area contributed by atoms with Crippen molar-refractivity contribution in [2.75, 3.05) is 0 Å². The van der Waals surface area contributed by atoms with Crippen LogP contribution < -0.4 is 0 Å². The van der Waals surface area contributed by atoms with Crippen LogP contribution in [0.15, 0.2) is 55.9 Å². The van der Waals surface area contributed by atoms with Crippen molar-refractivity contribution in [2.45, 2.75) is 27.2 Å². The van der Waals surface area contributed by atoms with Gasteiger partial charge in [0, 0.05) is 0 Å². The third-order valence-corrected chi connectivity index (χ3v) is 2.60. The maximum atomic E-state index is 8.00. The third-order valence-electron chi connectivity index (χ3n) is 2.60. The molecular weight excluding hydrogens is 268 g/mol. The number of hydrogen-bond donors (Lipinski definition) is 0. The summed E-state index contributed by atoms with van der Waals surface area (Å²) in [4.78, 5) is 8.00. The first kappa shape index (κ1) is 16.6. The number of hydrogen-bond acceptors (Lipinski definition) is 4. The molecule has 0 fully saturated rings. The lowest BCUT2D eigenvalue weighted by Gasteiger charge is -1.91. The Bertz CT molecular complexity index is 584. The molecule has 0 amide bonds. The summed E-state index contributed by atoms with van der Waals surface area (Å²) < 4.78 is 15.7. The van der Waals surface area contributed by atoms with Gasteiger partial charge in [-0.25, -0.2) is 0 Å². The molecule has 0 N–H and O–H groups in total. The fourth-order valence-electron chi connectivity index (χ4n) is 1.69. The SMILES string of the molecule is C=O.Cc1ccc(Cc2ccc(C)o2)o1.Cc1ccco1.[H+]. The highest BCUT2D eigenvalue weighted by Gasteiger charge is 2.03. The summed E-state index contributed by atoms with van der Waals surface area (Å²) in [6, 6.07) is 11.7. The zero-order valence-corrected chi connectivity index (χ0v) is 12.6. The molecule has 0 bridgehead atoms. The number of carbonyl (C=O) groups excluding carboxylic acids is 1. The molecule has 3 heterocycles. The topological polar surface area (TPSA) is 56.5 Å². The molecule has 0 aromatic carbocycles. The van der Waals surface area contributed by atoms with E-state index in [9.17, 15) is 0 Å². The molecule has 0 saturated carbocycles. The van der Waals surface area contributed by atoms with Crippen LogP contribution in [0, 0.1) is 20.8 Å². The van der Waals surface area contributed by atoms with Gasteiger partial charge in [-0.1, -0.05) is 0 Å². The average molecular weight is 289 g/mol. The summed E-state index contributed by atoms with van der Waals surface area (Å²) >= 11 is 0. The molecule has 112 valence electrons. The molecular formula is C17H21O4+. The second-order valence-electron chi connectivity index (χ2n) is 4.43. The maximum Gasteiger partial charge on any atom is 1.00 e. The number of carbonyl (C=O) groups is 1. The van der Waals surface area contributed by atoms with Gasteiger partial charge in [-0.2, -0.15) is 0 Å². The summed E-state index contributed by atoms with van der Waals surface area (Å²) in [5.41, 5.74) is 0. The first-order valence-corrected chi connectivity index (χ1v) is 6.53. The molecule has 0 aliphatic rings. The van der Waals surface area contributed by atoms with Crippen LogP contribution in [0.1, 0.15) is 30.2 Å². The van der Waals surface area contributed by atoms with Crippen LogP contribution in [0.5, 0.6) is 0 Å². The van der Waals surface area contributed by atoms with E-state index in [1.54, 1.807) is 6.26 Å². The quantitative estimate of drug-likeness (QED) is 0.692. The minimum absolute atomic E-state index is 0. The van der Waals surface area contributed by atoms with E-state index >= 15 is 0 Å². The molecule has 0 radical (unpaired) electrons. The van der Waals surface area contributed by atoms with E-state index < -0.39 is 0 Å². The molecule has 0 aliphatic heterocycles.